The number of carbonyl (C=O) groups is 1. The Morgan fingerprint density at radius 2 is 1.70 bits per heavy atom. The van der Waals surface area contributed by atoms with Crippen molar-refractivity contribution in [3.8, 4) is 0 Å². The lowest BCUT2D eigenvalue weighted by atomic mass is 9.86. The summed E-state index contributed by atoms with van der Waals surface area (Å²) in [6.45, 7) is 2.25. The van der Waals surface area contributed by atoms with Gasteiger partial charge in [0.15, 0.2) is 0 Å². The van der Waals surface area contributed by atoms with Crippen LogP contribution in [0.2, 0.25) is 0 Å². The summed E-state index contributed by atoms with van der Waals surface area (Å²) in [6.07, 6.45) is 14.7. The molecule has 0 radical (unpaired) electrons. The van der Waals surface area contributed by atoms with Gasteiger partial charge >= 0.3 is 0 Å². The average Bonchev–Trinajstić information content (AvgIpc) is 2.47. The van der Waals surface area contributed by atoms with E-state index in [2.05, 4.69) is 28.2 Å². The van der Waals surface area contributed by atoms with Crippen molar-refractivity contribution in [3.63, 3.8) is 0 Å². The normalized spacial score (nSPS) is 22.7. The van der Waals surface area contributed by atoms with Gasteiger partial charge in [-0.05, 0) is 25.2 Å². The molecule has 1 N–H and O–H groups in total. The fourth-order valence-electron chi connectivity index (χ4n) is 3.10. The first kappa shape index (κ1) is 18.0. The molecule has 2 atom stereocenters. The summed E-state index contributed by atoms with van der Waals surface area (Å²) in [4.78, 5) is 12.0. The van der Waals surface area contributed by atoms with E-state index in [1.165, 1.54) is 64.2 Å². The van der Waals surface area contributed by atoms with Crippen molar-refractivity contribution in [3.05, 3.63) is 0 Å². The van der Waals surface area contributed by atoms with Crippen LogP contribution in [0, 0.1) is 5.92 Å². The molecule has 1 amide bonds. The Bertz CT molecular complexity index is 257. The first-order valence-electron chi connectivity index (χ1n) is 8.63. The summed E-state index contributed by atoms with van der Waals surface area (Å²) in [5.41, 5.74) is 0. The molecule has 3 heteroatoms. The predicted octanol–water partition coefficient (Wildman–Crippen LogP) is 5.20. The molecule has 0 aliphatic heterocycles. The minimum Gasteiger partial charge on any atom is -0.353 e. The van der Waals surface area contributed by atoms with Crippen LogP contribution in [0.4, 0.5) is 0 Å². The summed E-state index contributed by atoms with van der Waals surface area (Å²) in [7, 11) is 0. The van der Waals surface area contributed by atoms with Crippen molar-refractivity contribution >= 4 is 21.8 Å². The molecule has 118 valence electrons. The Labute approximate surface area is 133 Å². The van der Waals surface area contributed by atoms with Gasteiger partial charge in [0, 0.05) is 17.8 Å². The zero-order chi connectivity index (χ0) is 14.6. The first-order valence-corrected chi connectivity index (χ1v) is 9.75. The molecule has 0 bridgehead atoms. The maximum atomic E-state index is 12.0. The van der Waals surface area contributed by atoms with E-state index in [-0.39, 0.29) is 5.91 Å². The van der Waals surface area contributed by atoms with Crippen LogP contribution in [0.25, 0.3) is 0 Å². The van der Waals surface area contributed by atoms with E-state index in [4.69, 9.17) is 0 Å². The van der Waals surface area contributed by atoms with Gasteiger partial charge in [0.1, 0.15) is 0 Å². The number of halogens is 1. The number of carbonyl (C=O) groups excluding carboxylic acids is 1. The zero-order valence-corrected chi connectivity index (χ0v) is 14.7. The lowest BCUT2D eigenvalue weighted by Crippen LogP contribution is -2.42. The second kappa shape index (κ2) is 11.6. The Hall–Kier alpha value is -0.0500. The second-order valence-electron chi connectivity index (χ2n) is 6.24. The lowest BCUT2D eigenvalue weighted by molar-refractivity contribution is -0.122. The summed E-state index contributed by atoms with van der Waals surface area (Å²) >= 11 is 3.58. The van der Waals surface area contributed by atoms with E-state index >= 15 is 0 Å². The highest BCUT2D eigenvalue weighted by Crippen LogP contribution is 2.26. The summed E-state index contributed by atoms with van der Waals surface area (Å²) in [5.74, 6) is 0.915. The van der Waals surface area contributed by atoms with Crippen LogP contribution in [0.15, 0.2) is 0 Å². The van der Waals surface area contributed by atoms with E-state index < -0.39 is 0 Å². The van der Waals surface area contributed by atoms with Crippen molar-refractivity contribution in [1.82, 2.24) is 5.32 Å². The SMILES string of the molecule is CCCCCCCCCC(=O)NC1CCCCC1CBr. The third-order valence-corrected chi connectivity index (χ3v) is 5.29. The minimum atomic E-state index is 0.274. The molecule has 1 saturated carbocycles. The van der Waals surface area contributed by atoms with Gasteiger partial charge in [-0.15, -0.1) is 0 Å². The van der Waals surface area contributed by atoms with Crippen LogP contribution in [-0.2, 0) is 4.79 Å². The van der Waals surface area contributed by atoms with Crippen LogP contribution in [0.5, 0.6) is 0 Å². The number of hydrogen-bond donors (Lipinski definition) is 1. The number of rotatable bonds is 10. The Morgan fingerprint density at radius 3 is 2.40 bits per heavy atom. The van der Waals surface area contributed by atoms with Gasteiger partial charge in [-0.3, -0.25) is 4.79 Å². The van der Waals surface area contributed by atoms with Crippen molar-refractivity contribution < 1.29 is 4.79 Å². The lowest BCUT2D eigenvalue weighted by Gasteiger charge is -2.31. The van der Waals surface area contributed by atoms with Crippen LogP contribution in [0.1, 0.15) is 84.0 Å². The van der Waals surface area contributed by atoms with Gasteiger partial charge in [0.25, 0.3) is 0 Å². The highest BCUT2D eigenvalue weighted by atomic mass is 79.9. The highest BCUT2D eigenvalue weighted by Gasteiger charge is 2.25. The van der Waals surface area contributed by atoms with Crippen LogP contribution >= 0.6 is 15.9 Å². The van der Waals surface area contributed by atoms with Gasteiger partial charge in [-0.1, -0.05) is 74.2 Å². The summed E-state index contributed by atoms with van der Waals surface area (Å²) in [6, 6.07) is 0.417. The minimum absolute atomic E-state index is 0.274. The molecule has 20 heavy (non-hydrogen) atoms. The molecule has 1 rings (SSSR count). The molecule has 0 aromatic rings. The number of amides is 1. The Balaban J connectivity index is 2.04. The smallest absolute Gasteiger partial charge is 0.220 e. The monoisotopic (exact) mass is 345 g/mol. The molecule has 0 aromatic heterocycles. The average molecular weight is 346 g/mol. The molecule has 0 heterocycles. The van der Waals surface area contributed by atoms with Gasteiger partial charge in [0.05, 0.1) is 0 Å². The Kier molecular flexibility index (Phi) is 10.4. The quantitative estimate of drug-likeness (QED) is 0.428. The summed E-state index contributed by atoms with van der Waals surface area (Å²) < 4.78 is 0. The van der Waals surface area contributed by atoms with E-state index in [1.807, 2.05) is 0 Å². The maximum Gasteiger partial charge on any atom is 0.220 e. The molecule has 2 nitrogen and oxygen atoms in total. The zero-order valence-electron chi connectivity index (χ0n) is 13.1. The third kappa shape index (κ3) is 7.66. The summed E-state index contributed by atoms with van der Waals surface area (Å²) in [5, 5.41) is 4.29. The van der Waals surface area contributed by atoms with Gasteiger partial charge in [0.2, 0.25) is 5.91 Å². The van der Waals surface area contributed by atoms with Crippen molar-refractivity contribution in [2.24, 2.45) is 5.92 Å². The predicted molar refractivity (Wildman–Crippen MR) is 90.3 cm³/mol. The van der Waals surface area contributed by atoms with E-state index in [1.54, 1.807) is 0 Å². The van der Waals surface area contributed by atoms with Crippen molar-refractivity contribution in [1.29, 1.82) is 0 Å². The van der Waals surface area contributed by atoms with E-state index in [0.29, 0.717) is 12.0 Å². The van der Waals surface area contributed by atoms with Crippen LogP contribution in [-0.4, -0.2) is 17.3 Å². The molecule has 1 fully saturated rings. The largest absolute Gasteiger partial charge is 0.353 e. The molecule has 0 saturated heterocycles. The van der Waals surface area contributed by atoms with E-state index in [9.17, 15) is 4.79 Å². The van der Waals surface area contributed by atoms with Crippen molar-refractivity contribution in [2.75, 3.05) is 5.33 Å². The fourth-order valence-corrected chi connectivity index (χ4v) is 3.88. The molecule has 2 unspecified atom stereocenters. The maximum absolute atomic E-state index is 12.0. The molecule has 0 spiro atoms. The van der Waals surface area contributed by atoms with Crippen LogP contribution in [0.3, 0.4) is 0 Å². The second-order valence-corrected chi connectivity index (χ2v) is 6.89. The Morgan fingerprint density at radius 1 is 1.05 bits per heavy atom. The fraction of sp³-hybridized carbons (Fsp3) is 0.941. The topological polar surface area (TPSA) is 29.1 Å². The molecule has 1 aliphatic carbocycles. The molecule has 1 aliphatic rings. The molecular formula is C17H32BrNO. The highest BCUT2D eigenvalue weighted by molar-refractivity contribution is 9.09. The number of hydrogen-bond acceptors (Lipinski definition) is 1. The standard InChI is InChI=1S/C17H32BrNO/c1-2-3-4-5-6-7-8-13-17(20)19-16-12-10-9-11-15(16)14-18/h15-16H,2-14H2,1H3,(H,19,20). The number of alkyl halides is 1. The van der Waals surface area contributed by atoms with E-state index in [0.717, 1.165) is 18.2 Å². The van der Waals surface area contributed by atoms with Crippen LogP contribution < -0.4 is 5.32 Å². The van der Waals surface area contributed by atoms with Gasteiger partial charge < -0.3 is 5.32 Å². The number of unbranched alkanes of at least 4 members (excludes halogenated alkanes) is 6. The van der Waals surface area contributed by atoms with Gasteiger partial charge in [-0.2, -0.15) is 0 Å². The van der Waals surface area contributed by atoms with Gasteiger partial charge in [-0.25, -0.2) is 0 Å². The van der Waals surface area contributed by atoms with Crippen molar-refractivity contribution in [2.45, 2.75) is 90.0 Å². The first-order chi connectivity index (χ1) is 9.77. The molecule has 0 aromatic carbocycles. The molecular weight excluding hydrogens is 314 g/mol. The number of nitrogens with one attached hydrogen (secondary N) is 1. The third-order valence-electron chi connectivity index (χ3n) is 4.46.